The average molecular weight is 231 g/mol. The van der Waals surface area contributed by atoms with Crippen LogP contribution in [-0.4, -0.2) is 23.9 Å². The van der Waals surface area contributed by atoms with E-state index < -0.39 is 0 Å². The van der Waals surface area contributed by atoms with E-state index in [1.807, 2.05) is 23.1 Å². The fourth-order valence-corrected chi connectivity index (χ4v) is 1.80. The Morgan fingerprint density at radius 3 is 2.41 bits per heavy atom. The standard InChI is InChI=1S/C15H21NO/c1-4-10-16(14(3)17)12-13(2)11-15-8-6-5-7-9-15/h5-9,11H,4,10,12H2,1-3H3/b13-11+. The summed E-state index contributed by atoms with van der Waals surface area (Å²) >= 11 is 0. The number of carbonyl (C=O) groups excluding carboxylic acids is 1. The number of rotatable bonds is 5. The summed E-state index contributed by atoms with van der Waals surface area (Å²) in [6.45, 7) is 7.34. The molecule has 1 amide bonds. The van der Waals surface area contributed by atoms with E-state index in [0.717, 1.165) is 19.5 Å². The highest BCUT2D eigenvalue weighted by Gasteiger charge is 2.07. The third-order valence-electron chi connectivity index (χ3n) is 2.59. The van der Waals surface area contributed by atoms with Crippen LogP contribution in [0.15, 0.2) is 35.9 Å². The van der Waals surface area contributed by atoms with E-state index in [1.54, 1.807) is 6.92 Å². The molecule has 0 fully saturated rings. The highest BCUT2D eigenvalue weighted by Crippen LogP contribution is 2.08. The van der Waals surface area contributed by atoms with Crippen molar-refractivity contribution >= 4 is 12.0 Å². The molecule has 0 atom stereocenters. The summed E-state index contributed by atoms with van der Waals surface area (Å²) in [5.41, 5.74) is 2.39. The second-order valence-electron chi connectivity index (χ2n) is 4.34. The SMILES string of the molecule is CCCN(C/C(C)=C/c1ccccc1)C(C)=O. The molecule has 0 aliphatic carbocycles. The lowest BCUT2D eigenvalue weighted by molar-refractivity contribution is -0.128. The number of hydrogen-bond donors (Lipinski definition) is 0. The van der Waals surface area contributed by atoms with E-state index in [4.69, 9.17) is 0 Å². The fourth-order valence-electron chi connectivity index (χ4n) is 1.80. The number of nitrogens with zero attached hydrogens (tertiary/aromatic N) is 1. The molecule has 1 rings (SSSR count). The van der Waals surface area contributed by atoms with Crippen molar-refractivity contribution in [3.05, 3.63) is 41.5 Å². The summed E-state index contributed by atoms with van der Waals surface area (Å²) < 4.78 is 0. The summed E-state index contributed by atoms with van der Waals surface area (Å²) in [6, 6.07) is 10.2. The predicted molar refractivity (Wildman–Crippen MR) is 72.6 cm³/mol. The molecule has 0 N–H and O–H groups in total. The van der Waals surface area contributed by atoms with Gasteiger partial charge in [-0.1, -0.05) is 48.9 Å². The summed E-state index contributed by atoms with van der Waals surface area (Å²) in [5, 5.41) is 0. The lowest BCUT2D eigenvalue weighted by Gasteiger charge is -2.20. The molecule has 0 saturated carbocycles. The van der Waals surface area contributed by atoms with Crippen LogP contribution >= 0.6 is 0 Å². The fraction of sp³-hybridized carbons (Fsp3) is 0.400. The minimum absolute atomic E-state index is 0.146. The lowest BCUT2D eigenvalue weighted by atomic mass is 10.1. The Balaban J connectivity index is 2.67. The van der Waals surface area contributed by atoms with Gasteiger partial charge in [-0.25, -0.2) is 0 Å². The van der Waals surface area contributed by atoms with Crippen LogP contribution in [0.1, 0.15) is 32.8 Å². The molecule has 0 unspecified atom stereocenters. The molecule has 1 aromatic carbocycles. The second kappa shape index (κ2) is 6.89. The van der Waals surface area contributed by atoms with Gasteiger partial charge in [0, 0.05) is 20.0 Å². The van der Waals surface area contributed by atoms with Gasteiger partial charge < -0.3 is 4.90 Å². The molecule has 0 heterocycles. The molecule has 0 spiro atoms. The lowest BCUT2D eigenvalue weighted by Crippen LogP contribution is -2.30. The minimum atomic E-state index is 0.146. The van der Waals surface area contributed by atoms with Crippen LogP contribution < -0.4 is 0 Å². The van der Waals surface area contributed by atoms with Crippen molar-refractivity contribution in [3.63, 3.8) is 0 Å². The third-order valence-corrected chi connectivity index (χ3v) is 2.59. The van der Waals surface area contributed by atoms with E-state index in [1.165, 1.54) is 11.1 Å². The highest BCUT2D eigenvalue weighted by molar-refractivity contribution is 5.73. The topological polar surface area (TPSA) is 20.3 Å². The Hall–Kier alpha value is -1.57. The van der Waals surface area contributed by atoms with Crippen LogP contribution in [-0.2, 0) is 4.79 Å². The van der Waals surface area contributed by atoms with E-state index >= 15 is 0 Å². The first-order valence-corrected chi connectivity index (χ1v) is 6.11. The first-order valence-electron chi connectivity index (χ1n) is 6.11. The number of benzene rings is 1. The van der Waals surface area contributed by atoms with Gasteiger partial charge in [0.25, 0.3) is 0 Å². The van der Waals surface area contributed by atoms with E-state index in [2.05, 4.69) is 32.1 Å². The predicted octanol–water partition coefficient (Wildman–Crippen LogP) is 3.35. The largest absolute Gasteiger partial charge is 0.339 e. The molecule has 0 aromatic heterocycles. The number of carbonyl (C=O) groups is 1. The van der Waals surface area contributed by atoms with Crippen molar-refractivity contribution in [1.29, 1.82) is 0 Å². The van der Waals surface area contributed by atoms with Gasteiger partial charge in [0.15, 0.2) is 0 Å². The highest BCUT2D eigenvalue weighted by atomic mass is 16.2. The van der Waals surface area contributed by atoms with Gasteiger partial charge in [-0.2, -0.15) is 0 Å². The Morgan fingerprint density at radius 2 is 1.88 bits per heavy atom. The van der Waals surface area contributed by atoms with Crippen LogP contribution in [0.3, 0.4) is 0 Å². The van der Waals surface area contributed by atoms with Gasteiger partial charge in [0.2, 0.25) is 5.91 Å². The number of amides is 1. The van der Waals surface area contributed by atoms with Gasteiger partial charge in [-0.05, 0) is 18.9 Å². The van der Waals surface area contributed by atoms with Crippen LogP contribution in [0.2, 0.25) is 0 Å². The normalized spacial score (nSPS) is 11.4. The summed E-state index contributed by atoms with van der Waals surface area (Å²) in [5.74, 6) is 0.146. The van der Waals surface area contributed by atoms with Crippen LogP contribution in [0.5, 0.6) is 0 Å². The van der Waals surface area contributed by atoms with Crippen molar-refractivity contribution < 1.29 is 4.79 Å². The van der Waals surface area contributed by atoms with Crippen molar-refractivity contribution in [1.82, 2.24) is 4.90 Å². The summed E-state index contributed by atoms with van der Waals surface area (Å²) in [7, 11) is 0. The van der Waals surface area contributed by atoms with Crippen LogP contribution in [0.4, 0.5) is 0 Å². The molecular weight excluding hydrogens is 210 g/mol. The van der Waals surface area contributed by atoms with Gasteiger partial charge >= 0.3 is 0 Å². The Labute approximate surface area is 104 Å². The van der Waals surface area contributed by atoms with E-state index in [9.17, 15) is 4.79 Å². The Kier molecular flexibility index (Phi) is 5.47. The average Bonchev–Trinajstić information content (AvgIpc) is 2.29. The molecule has 0 radical (unpaired) electrons. The molecule has 2 heteroatoms. The van der Waals surface area contributed by atoms with Gasteiger partial charge in [-0.15, -0.1) is 0 Å². The molecule has 1 aromatic rings. The smallest absolute Gasteiger partial charge is 0.219 e. The summed E-state index contributed by atoms with van der Waals surface area (Å²) in [4.78, 5) is 13.3. The van der Waals surface area contributed by atoms with Crippen molar-refractivity contribution in [2.75, 3.05) is 13.1 Å². The zero-order chi connectivity index (χ0) is 12.7. The van der Waals surface area contributed by atoms with E-state index in [-0.39, 0.29) is 5.91 Å². The quantitative estimate of drug-likeness (QED) is 0.761. The zero-order valence-electron chi connectivity index (χ0n) is 10.9. The molecule has 2 nitrogen and oxygen atoms in total. The Bertz CT molecular complexity index is 381. The molecule has 0 aliphatic rings. The molecule has 17 heavy (non-hydrogen) atoms. The molecule has 0 aliphatic heterocycles. The monoisotopic (exact) mass is 231 g/mol. The maximum absolute atomic E-state index is 11.4. The molecule has 0 bridgehead atoms. The minimum Gasteiger partial charge on any atom is -0.339 e. The van der Waals surface area contributed by atoms with Gasteiger partial charge in [-0.3, -0.25) is 4.79 Å². The number of hydrogen-bond acceptors (Lipinski definition) is 1. The van der Waals surface area contributed by atoms with E-state index in [0.29, 0.717) is 0 Å². The van der Waals surface area contributed by atoms with Crippen molar-refractivity contribution in [2.24, 2.45) is 0 Å². The third kappa shape index (κ3) is 4.85. The van der Waals surface area contributed by atoms with Crippen LogP contribution in [0.25, 0.3) is 6.08 Å². The van der Waals surface area contributed by atoms with Crippen molar-refractivity contribution in [3.8, 4) is 0 Å². The maximum atomic E-state index is 11.4. The first-order chi connectivity index (χ1) is 8.13. The second-order valence-corrected chi connectivity index (χ2v) is 4.34. The molecule has 92 valence electrons. The molecule has 0 saturated heterocycles. The van der Waals surface area contributed by atoms with Crippen LogP contribution in [0, 0.1) is 0 Å². The summed E-state index contributed by atoms with van der Waals surface area (Å²) in [6.07, 6.45) is 3.13. The van der Waals surface area contributed by atoms with Gasteiger partial charge in [0.1, 0.15) is 0 Å². The zero-order valence-corrected chi connectivity index (χ0v) is 10.9. The maximum Gasteiger partial charge on any atom is 0.219 e. The Morgan fingerprint density at radius 1 is 1.24 bits per heavy atom. The van der Waals surface area contributed by atoms with Crippen molar-refractivity contribution in [2.45, 2.75) is 27.2 Å². The van der Waals surface area contributed by atoms with Gasteiger partial charge in [0.05, 0.1) is 0 Å². The first kappa shape index (κ1) is 13.5. The molecular formula is C15H21NO.